The molecular weight excluding hydrogens is 436 g/mol. The highest BCUT2D eigenvalue weighted by Crippen LogP contribution is 2.44. The third-order valence-corrected chi connectivity index (χ3v) is 6.94. The fraction of sp³-hybridized carbons (Fsp3) is 0. The molecule has 0 aliphatic heterocycles. The molecule has 0 atom stereocenters. The van der Waals surface area contributed by atoms with E-state index in [0.29, 0.717) is 0 Å². The first kappa shape index (κ1) is 20.5. The van der Waals surface area contributed by atoms with Gasteiger partial charge in [-0.15, -0.1) is 0 Å². The Morgan fingerprint density at radius 1 is 0.417 bits per heavy atom. The second-order valence-corrected chi connectivity index (χ2v) is 9.03. The summed E-state index contributed by atoms with van der Waals surface area (Å²) in [6, 6.07) is 51.8. The molecule has 0 saturated heterocycles. The molecule has 1 heterocycles. The van der Waals surface area contributed by atoms with E-state index >= 15 is 0 Å². The van der Waals surface area contributed by atoms with E-state index in [1.165, 1.54) is 44.0 Å². The van der Waals surface area contributed by atoms with Crippen LogP contribution in [0.25, 0.3) is 38.3 Å². The van der Waals surface area contributed by atoms with Crippen LogP contribution in [-0.2, 0) is 0 Å². The van der Waals surface area contributed by atoms with Crippen LogP contribution in [-0.4, -0.2) is 4.57 Å². The van der Waals surface area contributed by atoms with Crippen molar-refractivity contribution in [3.8, 4) is 5.69 Å². The maximum Gasteiger partial charge on any atom is 0.0548 e. The van der Waals surface area contributed by atoms with Gasteiger partial charge in [0.25, 0.3) is 0 Å². The van der Waals surface area contributed by atoms with Crippen LogP contribution in [0.15, 0.2) is 146 Å². The Hall–Kier alpha value is -4.82. The highest BCUT2D eigenvalue weighted by molar-refractivity contribution is 6.25. The Bertz CT molecular complexity index is 1780. The molecule has 1 aromatic heterocycles. The van der Waals surface area contributed by atoms with Crippen molar-refractivity contribution < 1.29 is 0 Å². The van der Waals surface area contributed by atoms with Crippen molar-refractivity contribution in [1.82, 2.24) is 4.57 Å². The minimum atomic E-state index is 1.14. The van der Waals surface area contributed by atoms with Crippen molar-refractivity contribution in [2.45, 2.75) is 0 Å². The minimum Gasteiger partial charge on any atom is -0.310 e. The van der Waals surface area contributed by atoms with E-state index in [9.17, 15) is 0 Å². The van der Waals surface area contributed by atoms with Gasteiger partial charge in [-0.3, -0.25) is 0 Å². The van der Waals surface area contributed by atoms with E-state index in [1.807, 2.05) is 0 Å². The Labute approximate surface area is 210 Å². The number of hydrogen-bond acceptors (Lipinski definition) is 1. The van der Waals surface area contributed by atoms with Gasteiger partial charge >= 0.3 is 0 Å². The summed E-state index contributed by atoms with van der Waals surface area (Å²) in [7, 11) is 0. The van der Waals surface area contributed by atoms with Gasteiger partial charge in [0.05, 0.1) is 16.7 Å². The van der Waals surface area contributed by atoms with Gasteiger partial charge in [-0.25, -0.2) is 0 Å². The maximum absolute atomic E-state index is 2.39. The van der Waals surface area contributed by atoms with Gasteiger partial charge in [0.2, 0.25) is 0 Å². The number of nitrogens with zero attached hydrogens (tertiary/aromatic N) is 2. The smallest absolute Gasteiger partial charge is 0.0548 e. The molecule has 0 spiro atoms. The van der Waals surface area contributed by atoms with Crippen molar-refractivity contribution in [3.63, 3.8) is 0 Å². The fourth-order valence-corrected chi connectivity index (χ4v) is 5.44. The molecule has 7 aromatic rings. The van der Waals surface area contributed by atoms with Crippen LogP contribution < -0.4 is 4.90 Å². The lowest BCUT2D eigenvalue weighted by Gasteiger charge is -2.27. The third-order valence-electron chi connectivity index (χ3n) is 6.94. The first-order valence-corrected chi connectivity index (χ1v) is 12.3. The molecule has 170 valence electrons. The Kier molecular flexibility index (Phi) is 4.82. The highest BCUT2D eigenvalue weighted by Gasteiger charge is 2.20. The zero-order valence-corrected chi connectivity index (χ0v) is 19.8. The second-order valence-electron chi connectivity index (χ2n) is 9.03. The predicted octanol–water partition coefficient (Wildman–Crippen LogP) is 9.41. The van der Waals surface area contributed by atoms with Crippen molar-refractivity contribution in [2.75, 3.05) is 4.90 Å². The number of hydrogen-bond donors (Lipinski definition) is 0. The molecule has 6 aromatic carbocycles. The summed E-state index contributed by atoms with van der Waals surface area (Å²) in [5.74, 6) is 0. The van der Waals surface area contributed by atoms with Crippen LogP contribution in [0.4, 0.5) is 17.1 Å². The molecule has 2 nitrogen and oxygen atoms in total. The lowest BCUT2D eigenvalue weighted by atomic mass is 10.0. The predicted molar refractivity (Wildman–Crippen MR) is 153 cm³/mol. The lowest BCUT2D eigenvalue weighted by Crippen LogP contribution is -2.10. The molecule has 36 heavy (non-hydrogen) atoms. The van der Waals surface area contributed by atoms with E-state index in [-0.39, 0.29) is 0 Å². The number of benzene rings is 6. The molecule has 0 saturated carbocycles. The summed E-state index contributed by atoms with van der Waals surface area (Å²) < 4.78 is 2.39. The van der Waals surface area contributed by atoms with Crippen LogP contribution in [0.5, 0.6) is 0 Å². The molecule has 0 unspecified atom stereocenters. The molecule has 7 rings (SSSR count). The molecule has 0 aliphatic rings. The van der Waals surface area contributed by atoms with Gasteiger partial charge in [-0.2, -0.15) is 0 Å². The Morgan fingerprint density at radius 3 is 1.72 bits per heavy atom. The molecule has 2 heteroatoms. The second kappa shape index (κ2) is 8.44. The van der Waals surface area contributed by atoms with E-state index in [2.05, 4.69) is 155 Å². The minimum absolute atomic E-state index is 1.14. The number of rotatable bonds is 4. The summed E-state index contributed by atoms with van der Waals surface area (Å²) in [5, 5.41) is 5.02. The summed E-state index contributed by atoms with van der Waals surface area (Å²) in [6.45, 7) is 0. The van der Waals surface area contributed by atoms with Crippen molar-refractivity contribution in [2.24, 2.45) is 0 Å². The number of anilines is 3. The summed E-state index contributed by atoms with van der Waals surface area (Å²) in [5.41, 5.74) is 7.05. The molecule has 0 aliphatic carbocycles. The highest BCUT2D eigenvalue weighted by atomic mass is 15.1. The van der Waals surface area contributed by atoms with Crippen molar-refractivity contribution in [3.05, 3.63) is 146 Å². The van der Waals surface area contributed by atoms with Gasteiger partial charge in [0, 0.05) is 33.2 Å². The summed E-state index contributed by atoms with van der Waals surface area (Å²) in [6.07, 6.45) is 0. The zero-order chi connectivity index (χ0) is 23.9. The van der Waals surface area contributed by atoms with E-state index in [0.717, 1.165) is 11.4 Å². The largest absolute Gasteiger partial charge is 0.310 e. The third kappa shape index (κ3) is 3.19. The van der Waals surface area contributed by atoms with Gasteiger partial charge in [0.1, 0.15) is 0 Å². The fourth-order valence-electron chi connectivity index (χ4n) is 5.44. The summed E-state index contributed by atoms with van der Waals surface area (Å²) in [4.78, 5) is 2.37. The maximum atomic E-state index is 2.39. The van der Waals surface area contributed by atoms with E-state index in [1.54, 1.807) is 0 Å². The van der Waals surface area contributed by atoms with Crippen LogP contribution in [0.2, 0.25) is 0 Å². The van der Waals surface area contributed by atoms with Gasteiger partial charge in [-0.05, 0) is 60.0 Å². The first-order chi connectivity index (χ1) is 17.9. The average Bonchev–Trinajstić information content (AvgIpc) is 3.29. The van der Waals surface area contributed by atoms with Crippen LogP contribution in [0, 0.1) is 0 Å². The standard InChI is InChI=1S/C34H24N2/c1-4-14-26(15-5-1)35(27-16-6-2-7-17-27)31-22-12-13-25-23-24-32-34(33(25)31)29-20-10-11-21-30(29)36(32)28-18-8-3-9-19-28/h1-24H. The molecule has 0 amide bonds. The molecular formula is C34H24N2. The van der Waals surface area contributed by atoms with E-state index < -0.39 is 0 Å². The van der Waals surface area contributed by atoms with Gasteiger partial charge in [0.15, 0.2) is 0 Å². The van der Waals surface area contributed by atoms with Crippen LogP contribution >= 0.6 is 0 Å². The summed E-state index contributed by atoms with van der Waals surface area (Å²) >= 11 is 0. The normalized spacial score (nSPS) is 11.3. The number of aromatic nitrogens is 1. The SMILES string of the molecule is c1ccc(N(c2ccccc2)c2cccc3ccc4c(c5ccccc5n4-c4ccccc4)c23)cc1. The number of para-hydroxylation sites is 4. The van der Waals surface area contributed by atoms with Crippen LogP contribution in [0.3, 0.4) is 0 Å². The lowest BCUT2D eigenvalue weighted by molar-refractivity contribution is 1.18. The first-order valence-electron chi connectivity index (χ1n) is 12.3. The molecule has 0 N–H and O–H groups in total. The Morgan fingerprint density at radius 2 is 1.03 bits per heavy atom. The Balaban J connectivity index is 1.64. The van der Waals surface area contributed by atoms with E-state index in [4.69, 9.17) is 0 Å². The molecule has 0 fully saturated rings. The van der Waals surface area contributed by atoms with Crippen LogP contribution in [0.1, 0.15) is 0 Å². The quantitative estimate of drug-likeness (QED) is 0.254. The molecule has 0 radical (unpaired) electrons. The van der Waals surface area contributed by atoms with Gasteiger partial charge < -0.3 is 9.47 Å². The number of fused-ring (bicyclic) bond motifs is 5. The monoisotopic (exact) mass is 460 g/mol. The van der Waals surface area contributed by atoms with Gasteiger partial charge in [-0.1, -0.05) is 91.0 Å². The van der Waals surface area contributed by atoms with Crippen molar-refractivity contribution >= 4 is 49.6 Å². The van der Waals surface area contributed by atoms with Crippen molar-refractivity contribution in [1.29, 1.82) is 0 Å². The molecule has 0 bridgehead atoms. The average molecular weight is 461 g/mol. The topological polar surface area (TPSA) is 8.17 Å². The zero-order valence-electron chi connectivity index (χ0n) is 19.8.